The molecule has 0 spiro atoms. The first-order valence-electron chi connectivity index (χ1n) is 8.48. The highest BCUT2D eigenvalue weighted by molar-refractivity contribution is 7.87. The van der Waals surface area contributed by atoms with E-state index in [1.54, 1.807) is 0 Å². The summed E-state index contributed by atoms with van der Waals surface area (Å²) in [6.45, 7) is 0. The van der Waals surface area contributed by atoms with Crippen LogP contribution in [0.25, 0.3) is 10.8 Å². The van der Waals surface area contributed by atoms with Crippen molar-refractivity contribution in [2.75, 3.05) is 11.5 Å². The van der Waals surface area contributed by atoms with Gasteiger partial charge in [0.25, 0.3) is 40.5 Å². The molecule has 19 heteroatoms. The third-order valence-corrected chi connectivity index (χ3v) is 7.58. The Morgan fingerprint density at radius 2 is 1.00 bits per heavy atom. The Morgan fingerprint density at radius 3 is 1.43 bits per heavy atom. The quantitative estimate of drug-likeness (QED) is 0.164. The van der Waals surface area contributed by atoms with Gasteiger partial charge in [-0.05, 0) is 41.8 Å². The van der Waals surface area contributed by atoms with E-state index in [1.807, 2.05) is 0 Å². The lowest BCUT2D eigenvalue weighted by Crippen LogP contribution is -2.06. The summed E-state index contributed by atoms with van der Waals surface area (Å²) in [5, 5.41) is 9.66. The fraction of sp³-hybridized carbons (Fsp3) is 0. The van der Waals surface area contributed by atoms with Crippen LogP contribution in [0.5, 0.6) is 5.75 Å². The number of phenolic OH excluding ortho intramolecular Hbond substituents is 1. The molecule has 3 aromatic rings. The fourth-order valence-corrected chi connectivity index (χ4v) is 4.98. The first-order chi connectivity index (χ1) is 15.6. The first-order valence-corrected chi connectivity index (χ1v) is 14.2. The van der Waals surface area contributed by atoms with Crippen LogP contribution in [0, 0.1) is 0 Å². The van der Waals surface area contributed by atoms with Gasteiger partial charge in [-0.3, -0.25) is 18.2 Å². The third kappa shape index (κ3) is 6.76. The maximum Gasteiger partial charge on any atom is 0.296 e. The lowest BCUT2D eigenvalue weighted by Gasteiger charge is -2.08. The zero-order valence-electron chi connectivity index (χ0n) is 16.8. The molecule has 0 fully saturated rings. The molecule has 3 aromatic carbocycles. The van der Waals surface area contributed by atoms with Crippen molar-refractivity contribution < 1.29 is 57.0 Å². The molecule has 3 rings (SSSR count). The molecular formula is C16H16N2O13S4. The summed E-state index contributed by atoms with van der Waals surface area (Å²) in [6, 6.07) is 5.99. The van der Waals surface area contributed by atoms with Crippen LogP contribution in [0.15, 0.2) is 62.0 Å². The van der Waals surface area contributed by atoms with Gasteiger partial charge in [-0.2, -0.15) is 33.7 Å². The van der Waals surface area contributed by atoms with Crippen LogP contribution < -0.4 is 11.5 Å². The van der Waals surface area contributed by atoms with Gasteiger partial charge >= 0.3 is 0 Å². The predicted octanol–water partition coefficient (Wildman–Crippen LogP) is 0.383. The van der Waals surface area contributed by atoms with Crippen LogP contribution >= 0.6 is 0 Å². The van der Waals surface area contributed by atoms with Crippen molar-refractivity contribution in [1.29, 1.82) is 0 Å². The van der Waals surface area contributed by atoms with Crippen molar-refractivity contribution in [3.05, 3.63) is 42.5 Å². The van der Waals surface area contributed by atoms with Gasteiger partial charge in [0.2, 0.25) is 0 Å². The van der Waals surface area contributed by atoms with E-state index in [4.69, 9.17) is 29.7 Å². The number of fused-ring (bicyclic) bond motifs is 1. The Hall–Kier alpha value is -3.04. The van der Waals surface area contributed by atoms with Gasteiger partial charge in [0.05, 0.1) is 20.4 Å². The number of hydrogen-bond donors (Lipinski definition) is 7. The van der Waals surface area contributed by atoms with E-state index < -0.39 is 65.8 Å². The first kappa shape index (κ1) is 28.2. The number of hydrogen-bond acceptors (Lipinski definition) is 11. The van der Waals surface area contributed by atoms with Gasteiger partial charge in [-0.1, -0.05) is 0 Å². The Morgan fingerprint density at radius 1 is 0.543 bits per heavy atom. The van der Waals surface area contributed by atoms with Crippen molar-refractivity contribution in [2.24, 2.45) is 0 Å². The molecule has 0 heterocycles. The minimum Gasteiger partial charge on any atom is -0.507 e. The minimum atomic E-state index is -4.62. The van der Waals surface area contributed by atoms with Crippen LogP contribution in [-0.2, 0) is 40.5 Å². The summed E-state index contributed by atoms with van der Waals surface area (Å²) in [5.41, 5.74) is 10.3. The summed E-state index contributed by atoms with van der Waals surface area (Å²) < 4.78 is 122. The molecule has 0 unspecified atom stereocenters. The highest BCUT2D eigenvalue weighted by Crippen LogP contribution is 2.35. The fourth-order valence-electron chi connectivity index (χ4n) is 2.67. The zero-order valence-corrected chi connectivity index (χ0v) is 20.1. The van der Waals surface area contributed by atoms with Crippen molar-refractivity contribution in [2.45, 2.75) is 19.6 Å². The topological polar surface area (TPSA) is 290 Å². The molecular weight excluding hydrogens is 556 g/mol. The van der Waals surface area contributed by atoms with Crippen LogP contribution in [0.4, 0.5) is 11.4 Å². The molecule has 0 aliphatic rings. The molecule has 0 aromatic heterocycles. The zero-order chi connectivity index (χ0) is 27.1. The van der Waals surface area contributed by atoms with E-state index >= 15 is 0 Å². The summed E-state index contributed by atoms with van der Waals surface area (Å²) in [4.78, 5) is -2.62. The lowest BCUT2D eigenvalue weighted by atomic mass is 10.1. The monoisotopic (exact) mass is 572 g/mol. The molecule has 15 nitrogen and oxygen atoms in total. The molecule has 0 atom stereocenters. The number of aromatic hydroxyl groups is 1. The second-order valence-corrected chi connectivity index (χ2v) is 12.3. The van der Waals surface area contributed by atoms with Crippen molar-refractivity contribution in [3.63, 3.8) is 0 Å². The molecule has 0 bridgehead atoms. The Labute approximate surface area is 198 Å². The van der Waals surface area contributed by atoms with Gasteiger partial charge < -0.3 is 16.6 Å². The number of nitrogen functional groups attached to an aromatic ring is 2. The van der Waals surface area contributed by atoms with Gasteiger partial charge in [0, 0.05) is 17.1 Å². The number of rotatable bonds is 4. The summed E-state index contributed by atoms with van der Waals surface area (Å²) in [6.07, 6.45) is 0. The number of nitrogens with two attached hydrogens (primary N) is 2. The second-order valence-electron chi connectivity index (χ2n) is 6.65. The van der Waals surface area contributed by atoms with E-state index in [0.717, 1.165) is 36.4 Å². The van der Waals surface area contributed by atoms with Crippen molar-refractivity contribution in [1.82, 2.24) is 0 Å². The SMILES string of the molecule is Nc1cc(S(=O)(=O)O)cc2cc(S(=O)(=O)O)cc(O)c12.Nc1ccc(S(=O)(=O)O)cc1S(=O)(=O)O. The number of phenols is 1. The Bertz CT molecular complexity index is 1690. The van der Waals surface area contributed by atoms with Crippen LogP contribution in [-0.4, -0.2) is 57.0 Å². The van der Waals surface area contributed by atoms with E-state index in [1.165, 1.54) is 0 Å². The maximum atomic E-state index is 11.1. The average molecular weight is 573 g/mol. The average Bonchev–Trinajstić information content (AvgIpc) is 2.65. The van der Waals surface area contributed by atoms with Gasteiger partial charge in [-0.15, -0.1) is 0 Å². The Balaban J connectivity index is 0.000000258. The van der Waals surface area contributed by atoms with Crippen LogP contribution in [0.3, 0.4) is 0 Å². The maximum absolute atomic E-state index is 11.1. The van der Waals surface area contributed by atoms with Crippen LogP contribution in [0.2, 0.25) is 0 Å². The normalized spacial score (nSPS) is 12.7. The van der Waals surface area contributed by atoms with E-state index in [0.29, 0.717) is 6.07 Å². The molecule has 0 saturated carbocycles. The summed E-state index contributed by atoms with van der Waals surface area (Å²) in [7, 11) is -18.3. The highest BCUT2D eigenvalue weighted by atomic mass is 32.2. The minimum absolute atomic E-state index is 0.00444. The molecule has 0 aliphatic heterocycles. The lowest BCUT2D eigenvalue weighted by molar-refractivity contribution is 0.471. The van der Waals surface area contributed by atoms with Crippen molar-refractivity contribution in [3.8, 4) is 5.75 Å². The standard InChI is InChI=1S/C10H9NO7S2.C6H7NO6S2/c11-8-3-6(19(13,14)15)1-5-2-7(20(16,17)18)4-9(12)10(5)8;7-5-2-1-4(14(8,9)10)3-6(5)15(11,12)13/h1-4,12H,11H2,(H,13,14,15)(H,16,17,18);1-3H,7H2,(H,8,9,10)(H,11,12,13). The summed E-state index contributed by atoms with van der Waals surface area (Å²) in [5.74, 6) is -0.547. The molecule has 9 N–H and O–H groups in total. The molecule has 0 radical (unpaired) electrons. The van der Waals surface area contributed by atoms with Gasteiger partial charge in [0.1, 0.15) is 10.6 Å². The van der Waals surface area contributed by atoms with E-state index in [-0.39, 0.29) is 22.1 Å². The van der Waals surface area contributed by atoms with Crippen LogP contribution in [0.1, 0.15) is 0 Å². The number of anilines is 2. The Kier molecular flexibility index (Phi) is 7.41. The third-order valence-electron chi connectivity index (χ3n) is 4.16. The molecule has 0 amide bonds. The van der Waals surface area contributed by atoms with E-state index in [9.17, 15) is 38.8 Å². The highest BCUT2D eigenvalue weighted by Gasteiger charge is 2.19. The number of benzene rings is 3. The van der Waals surface area contributed by atoms with Gasteiger partial charge in [0.15, 0.2) is 0 Å². The molecule has 192 valence electrons. The molecule has 35 heavy (non-hydrogen) atoms. The van der Waals surface area contributed by atoms with Gasteiger partial charge in [-0.25, -0.2) is 0 Å². The molecule has 0 saturated heterocycles. The predicted molar refractivity (Wildman–Crippen MR) is 120 cm³/mol. The second kappa shape index (κ2) is 9.20. The molecule has 0 aliphatic carbocycles. The smallest absolute Gasteiger partial charge is 0.296 e. The largest absolute Gasteiger partial charge is 0.507 e. The van der Waals surface area contributed by atoms with E-state index in [2.05, 4.69) is 0 Å². The van der Waals surface area contributed by atoms with Crippen molar-refractivity contribution >= 4 is 62.6 Å². The summed E-state index contributed by atoms with van der Waals surface area (Å²) >= 11 is 0.